The third kappa shape index (κ3) is 5.53. The standard InChI is InChI=1S/C22H22ClN3O5S/c1-26-12-16(5-7-21(26)27)19-11-17-14-32(28,29)9-3-2-8-30-13-15-4-6-18(23)20(10-15)31-22(24-17)25-19/h4-7,10-12H,2-3,8-9,13-14H2,1H3. The highest BCUT2D eigenvalue weighted by atomic mass is 35.5. The zero-order valence-electron chi connectivity index (χ0n) is 17.5. The Kier molecular flexibility index (Phi) is 6.59. The first-order chi connectivity index (χ1) is 15.3. The highest BCUT2D eigenvalue weighted by molar-refractivity contribution is 7.90. The van der Waals surface area contributed by atoms with Gasteiger partial charge in [-0.05, 0) is 42.7 Å². The van der Waals surface area contributed by atoms with Crippen molar-refractivity contribution in [2.24, 2.45) is 7.05 Å². The second kappa shape index (κ2) is 9.40. The maximum absolute atomic E-state index is 12.7. The second-order valence-corrected chi connectivity index (χ2v) is 10.2. The molecule has 1 aliphatic rings. The van der Waals surface area contributed by atoms with Crippen molar-refractivity contribution in [2.45, 2.75) is 25.2 Å². The van der Waals surface area contributed by atoms with Crippen molar-refractivity contribution < 1.29 is 17.9 Å². The average Bonchev–Trinajstić information content (AvgIpc) is 2.74. The Morgan fingerprint density at radius 3 is 2.75 bits per heavy atom. The second-order valence-electron chi connectivity index (χ2n) is 7.61. The number of rotatable bonds is 1. The summed E-state index contributed by atoms with van der Waals surface area (Å²) in [5, 5.41) is 0.364. The first-order valence-corrected chi connectivity index (χ1v) is 12.3. The van der Waals surface area contributed by atoms with Crippen LogP contribution in [0.4, 0.5) is 0 Å². The Morgan fingerprint density at radius 2 is 1.94 bits per heavy atom. The van der Waals surface area contributed by atoms with Gasteiger partial charge in [0.05, 0.1) is 34.5 Å². The van der Waals surface area contributed by atoms with Gasteiger partial charge in [0.15, 0.2) is 9.84 Å². The highest BCUT2D eigenvalue weighted by Crippen LogP contribution is 2.31. The first-order valence-electron chi connectivity index (χ1n) is 10.1. The lowest BCUT2D eigenvalue weighted by molar-refractivity contribution is 0.118. The molecular weight excluding hydrogens is 454 g/mol. The molecule has 0 unspecified atom stereocenters. The Labute approximate surface area is 190 Å². The van der Waals surface area contributed by atoms with Crippen molar-refractivity contribution in [3.63, 3.8) is 0 Å². The van der Waals surface area contributed by atoms with E-state index in [1.54, 1.807) is 37.5 Å². The van der Waals surface area contributed by atoms with E-state index in [1.807, 2.05) is 6.07 Å². The van der Waals surface area contributed by atoms with Crippen LogP contribution in [0.1, 0.15) is 24.1 Å². The molecule has 32 heavy (non-hydrogen) atoms. The minimum absolute atomic E-state index is 0.0311. The number of aromatic nitrogens is 3. The Morgan fingerprint density at radius 1 is 1.09 bits per heavy atom. The molecule has 3 heterocycles. The van der Waals surface area contributed by atoms with E-state index in [0.29, 0.717) is 53.8 Å². The number of aryl methyl sites for hydroxylation is 1. The zero-order chi connectivity index (χ0) is 22.7. The average molecular weight is 476 g/mol. The monoisotopic (exact) mass is 475 g/mol. The first kappa shape index (κ1) is 22.4. The van der Waals surface area contributed by atoms with Crippen LogP contribution >= 0.6 is 11.6 Å². The number of halogens is 1. The summed E-state index contributed by atoms with van der Waals surface area (Å²) >= 11 is 6.30. The molecule has 2 aromatic heterocycles. The number of fused-ring (bicyclic) bond motifs is 4. The fourth-order valence-corrected chi connectivity index (χ4v) is 4.86. The van der Waals surface area contributed by atoms with E-state index in [1.165, 1.54) is 10.6 Å². The predicted molar refractivity (Wildman–Crippen MR) is 121 cm³/mol. The molecule has 0 saturated heterocycles. The van der Waals surface area contributed by atoms with Crippen molar-refractivity contribution in [3.8, 4) is 23.0 Å². The van der Waals surface area contributed by atoms with Gasteiger partial charge in [0.1, 0.15) is 5.75 Å². The van der Waals surface area contributed by atoms with Gasteiger partial charge in [-0.3, -0.25) is 4.79 Å². The minimum atomic E-state index is -3.40. The molecule has 3 aromatic rings. The van der Waals surface area contributed by atoms with E-state index < -0.39 is 9.84 Å². The fraction of sp³-hybridized carbons (Fsp3) is 0.318. The summed E-state index contributed by atoms with van der Waals surface area (Å²) in [6.07, 6.45) is 2.75. The Hall–Kier alpha value is -2.75. The van der Waals surface area contributed by atoms with Crippen LogP contribution in [0.2, 0.25) is 5.02 Å². The van der Waals surface area contributed by atoms with Gasteiger partial charge in [-0.2, -0.15) is 9.97 Å². The van der Waals surface area contributed by atoms with E-state index in [-0.39, 0.29) is 23.1 Å². The lowest BCUT2D eigenvalue weighted by atomic mass is 10.2. The molecule has 1 aromatic carbocycles. The Bertz CT molecular complexity index is 1310. The van der Waals surface area contributed by atoms with Crippen LogP contribution in [0, 0.1) is 0 Å². The SMILES string of the molecule is Cn1cc(-c2cc3nc(n2)Oc2cc(ccc2Cl)COCCCCS(=O)(=O)C3)ccc1=O. The van der Waals surface area contributed by atoms with Gasteiger partial charge in [0.25, 0.3) is 0 Å². The lowest BCUT2D eigenvalue weighted by Crippen LogP contribution is -2.14. The van der Waals surface area contributed by atoms with Crippen molar-refractivity contribution in [3.05, 3.63) is 69.2 Å². The lowest BCUT2D eigenvalue weighted by Gasteiger charge is -2.12. The van der Waals surface area contributed by atoms with E-state index in [0.717, 1.165) is 5.56 Å². The molecule has 0 amide bonds. The zero-order valence-corrected chi connectivity index (χ0v) is 19.0. The van der Waals surface area contributed by atoms with Gasteiger partial charge in [0.2, 0.25) is 5.56 Å². The van der Waals surface area contributed by atoms with Crippen LogP contribution in [-0.4, -0.2) is 35.3 Å². The van der Waals surface area contributed by atoms with Gasteiger partial charge in [-0.1, -0.05) is 17.7 Å². The van der Waals surface area contributed by atoms with Crippen LogP contribution in [0.15, 0.2) is 47.4 Å². The topological polar surface area (TPSA) is 100 Å². The van der Waals surface area contributed by atoms with E-state index in [4.69, 9.17) is 21.1 Å². The molecule has 4 rings (SSSR count). The summed E-state index contributed by atoms with van der Waals surface area (Å²) in [4.78, 5) is 20.5. The number of nitrogens with zero attached hydrogens (tertiary/aromatic N) is 3. The minimum Gasteiger partial charge on any atom is -0.423 e. The summed E-state index contributed by atoms with van der Waals surface area (Å²) in [5.74, 6) is 0.124. The van der Waals surface area contributed by atoms with E-state index in [2.05, 4.69) is 9.97 Å². The Balaban J connectivity index is 1.81. The van der Waals surface area contributed by atoms with Crippen LogP contribution < -0.4 is 10.3 Å². The molecule has 10 heteroatoms. The molecular formula is C22H22ClN3O5S. The summed E-state index contributed by atoms with van der Waals surface area (Å²) in [6.45, 7) is 0.809. The number of sulfone groups is 1. The van der Waals surface area contributed by atoms with Gasteiger partial charge < -0.3 is 14.0 Å². The number of benzene rings is 1. The van der Waals surface area contributed by atoms with Crippen LogP contribution in [-0.2, 0) is 34.0 Å². The maximum Gasteiger partial charge on any atom is 0.322 e. The van der Waals surface area contributed by atoms with Crippen molar-refractivity contribution in [1.29, 1.82) is 0 Å². The van der Waals surface area contributed by atoms with Gasteiger partial charge in [0, 0.05) is 31.5 Å². The van der Waals surface area contributed by atoms with Crippen molar-refractivity contribution in [1.82, 2.24) is 14.5 Å². The predicted octanol–water partition coefficient (Wildman–Crippen LogP) is 3.51. The van der Waals surface area contributed by atoms with E-state index in [9.17, 15) is 13.2 Å². The molecule has 0 N–H and O–H groups in total. The fourth-order valence-electron chi connectivity index (χ4n) is 3.31. The molecule has 0 radical (unpaired) electrons. The highest BCUT2D eigenvalue weighted by Gasteiger charge is 2.18. The molecule has 4 bridgehead atoms. The number of pyridine rings is 1. The van der Waals surface area contributed by atoms with Gasteiger partial charge >= 0.3 is 6.01 Å². The van der Waals surface area contributed by atoms with Crippen LogP contribution in [0.5, 0.6) is 11.8 Å². The maximum atomic E-state index is 12.7. The van der Waals surface area contributed by atoms with Crippen LogP contribution in [0.3, 0.4) is 0 Å². The number of hydrogen-bond acceptors (Lipinski definition) is 7. The summed E-state index contributed by atoms with van der Waals surface area (Å²) < 4.78 is 38.3. The van der Waals surface area contributed by atoms with Crippen molar-refractivity contribution in [2.75, 3.05) is 12.4 Å². The van der Waals surface area contributed by atoms with Crippen molar-refractivity contribution >= 4 is 21.4 Å². The summed E-state index contributed by atoms with van der Waals surface area (Å²) in [5.41, 5.74) is 2.07. The molecule has 0 fully saturated rings. The molecule has 0 atom stereocenters. The quantitative estimate of drug-likeness (QED) is 0.530. The molecule has 0 spiro atoms. The number of ether oxygens (including phenoxy) is 2. The largest absolute Gasteiger partial charge is 0.423 e. The van der Waals surface area contributed by atoms with Gasteiger partial charge in [-0.15, -0.1) is 0 Å². The smallest absolute Gasteiger partial charge is 0.322 e. The molecule has 168 valence electrons. The molecule has 0 aliphatic carbocycles. The number of hydrogen-bond donors (Lipinski definition) is 0. The van der Waals surface area contributed by atoms with Gasteiger partial charge in [-0.25, -0.2) is 8.42 Å². The summed E-state index contributed by atoms with van der Waals surface area (Å²) in [6, 6.07) is 9.91. The molecule has 1 aliphatic heterocycles. The van der Waals surface area contributed by atoms with E-state index >= 15 is 0 Å². The van der Waals surface area contributed by atoms with Crippen LogP contribution in [0.25, 0.3) is 11.3 Å². The molecule has 0 saturated carbocycles. The normalized spacial score (nSPS) is 16.4. The third-order valence-electron chi connectivity index (χ3n) is 4.97. The summed E-state index contributed by atoms with van der Waals surface area (Å²) in [7, 11) is -1.77. The third-order valence-corrected chi connectivity index (χ3v) is 6.93. The molecule has 8 nitrogen and oxygen atoms in total.